The monoisotopic (exact) mass is 1130 g/mol. The van der Waals surface area contributed by atoms with Crippen LogP contribution >= 0.6 is 106 Å². The maximum atomic E-state index is 12.7. The molecule has 0 fully saturated rings. The van der Waals surface area contributed by atoms with E-state index in [-0.39, 0.29) is 24.1 Å². The molecule has 4 N–H and O–H groups in total. The standard InChI is InChI=1S/C28H38I4N2O10P2/c1-41-45(39,42-2)15-25(35)17-11-23(21(31)13-19(17)29)33-27(37)9-7-5-6-8-10-28(38)34-24-12-18(20(30)14-22(24)32)26(36)16-46(40,43-3)44-4/h11-14,25-26,35-36H,5-10,15-16H2,1-4H3,(H,33,37)(H,34,38). The van der Waals surface area contributed by atoms with Crippen molar-refractivity contribution < 1.29 is 47.0 Å². The number of hydrogen-bond acceptors (Lipinski definition) is 10. The maximum absolute atomic E-state index is 12.7. The molecule has 2 rings (SSSR count). The number of rotatable bonds is 19. The molecule has 0 aliphatic heterocycles. The summed E-state index contributed by atoms with van der Waals surface area (Å²) in [6.07, 6.45) is 0.718. The van der Waals surface area contributed by atoms with Crippen LogP contribution in [0.3, 0.4) is 0 Å². The molecule has 0 saturated heterocycles. The number of benzene rings is 2. The van der Waals surface area contributed by atoms with E-state index in [1.807, 2.05) is 12.1 Å². The number of hydrogen-bond donors (Lipinski definition) is 4. The van der Waals surface area contributed by atoms with Gasteiger partial charge in [-0.05, 0) is 139 Å². The highest BCUT2D eigenvalue weighted by Crippen LogP contribution is 2.50. The third-order valence-corrected chi connectivity index (χ3v) is 14.4. The van der Waals surface area contributed by atoms with E-state index in [0.29, 0.717) is 48.2 Å². The lowest BCUT2D eigenvalue weighted by molar-refractivity contribution is -0.117. The molecule has 0 heterocycles. The van der Waals surface area contributed by atoms with E-state index in [9.17, 15) is 28.9 Å². The Hall–Kier alpha value is 0.520. The van der Waals surface area contributed by atoms with Gasteiger partial charge in [0.1, 0.15) is 0 Å². The van der Waals surface area contributed by atoms with Crippen molar-refractivity contribution in [2.24, 2.45) is 0 Å². The van der Waals surface area contributed by atoms with Crippen molar-refractivity contribution in [2.75, 3.05) is 51.4 Å². The van der Waals surface area contributed by atoms with Crippen molar-refractivity contribution in [2.45, 2.75) is 50.7 Å². The van der Waals surface area contributed by atoms with E-state index >= 15 is 0 Å². The number of unbranched alkanes of at least 4 members (excludes halogenated alkanes) is 3. The van der Waals surface area contributed by atoms with Crippen LogP contribution in [0, 0.1) is 14.3 Å². The van der Waals surface area contributed by atoms with Gasteiger partial charge in [-0.15, -0.1) is 0 Å². The first-order valence-corrected chi connectivity index (χ1v) is 21.7. The average Bonchev–Trinajstić information content (AvgIpc) is 3.01. The third kappa shape index (κ3) is 13.3. The molecule has 0 bridgehead atoms. The zero-order chi connectivity index (χ0) is 34.7. The summed E-state index contributed by atoms with van der Waals surface area (Å²) < 4.78 is 47.8. The Morgan fingerprint density at radius 3 is 1.26 bits per heavy atom. The zero-order valence-corrected chi connectivity index (χ0v) is 36.1. The van der Waals surface area contributed by atoms with E-state index in [1.54, 1.807) is 12.1 Å². The highest BCUT2D eigenvalue weighted by molar-refractivity contribution is 14.1. The number of anilines is 2. The molecule has 2 aromatic carbocycles. The molecule has 2 unspecified atom stereocenters. The largest absolute Gasteiger partial charge is 0.388 e. The van der Waals surface area contributed by atoms with Gasteiger partial charge in [0.2, 0.25) is 11.8 Å². The van der Waals surface area contributed by atoms with Crippen LogP contribution < -0.4 is 10.6 Å². The molecule has 0 radical (unpaired) electrons. The number of halogens is 4. The van der Waals surface area contributed by atoms with Crippen LogP contribution in [0.1, 0.15) is 61.9 Å². The summed E-state index contributed by atoms with van der Waals surface area (Å²) in [5.41, 5.74) is 2.13. The van der Waals surface area contributed by atoms with Crippen LogP contribution in [-0.2, 0) is 36.8 Å². The second-order valence-electron chi connectivity index (χ2n) is 10.1. The first kappa shape index (κ1) is 42.7. The summed E-state index contributed by atoms with van der Waals surface area (Å²) in [5, 5.41) is 27.2. The average molecular weight is 1130 g/mol. The highest BCUT2D eigenvalue weighted by Gasteiger charge is 2.29. The molecule has 46 heavy (non-hydrogen) atoms. The Morgan fingerprint density at radius 2 is 0.957 bits per heavy atom. The summed E-state index contributed by atoms with van der Waals surface area (Å²) >= 11 is 8.38. The van der Waals surface area contributed by atoms with Crippen LogP contribution in [0.2, 0.25) is 0 Å². The minimum atomic E-state index is -3.44. The highest BCUT2D eigenvalue weighted by atomic mass is 127. The number of nitrogens with one attached hydrogen (secondary N) is 2. The quantitative estimate of drug-likeness (QED) is 0.0614. The molecular formula is C28H38I4N2O10P2. The minimum Gasteiger partial charge on any atom is -0.388 e. The second-order valence-corrected chi connectivity index (χ2v) is 19.3. The molecule has 18 heteroatoms. The molecule has 2 aromatic rings. The Bertz CT molecular complexity index is 1340. The van der Waals surface area contributed by atoms with Gasteiger partial charge in [0.05, 0.1) is 35.9 Å². The summed E-state index contributed by atoms with van der Waals surface area (Å²) in [5.74, 6) is -0.342. The van der Waals surface area contributed by atoms with Crippen LogP contribution in [-0.4, -0.2) is 62.8 Å². The lowest BCUT2D eigenvalue weighted by atomic mass is 10.1. The molecular weight excluding hydrogens is 1090 g/mol. The van der Waals surface area contributed by atoms with Gasteiger partial charge in [-0.25, -0.2) is 0 Å². The number of carbonyl (C=O) groups excluding carboxylic acids is 2. The molecule has 0 aliphatic rings. The molecule has 0 saturated carbocycles. The van der Waals surface area contributed by atoms with Crippen molar-refractivity contribution in [3.8, 4) is 0 Å². The van der Waals surface area contributed by atoms with Gasteiger partial charge in [-0.2, -0.15) is 0 Å². The summed E-state index contributed by atoms with van der Waals surface area (Å²) in [4.78, 5) is 25.3. The van der Waals surface area contributed by atoms with Crippen molar-refractivity contribution in [3.05, 3.63) is 49.7 Å². The molecule has 2 amide bonds. The Morgan fingerprint density at radius 1 is 0.630 bits per heavy atom. The van der Waals surface area contributed by atoms with E-state index < -0.39 is 27.4 Å². The Kier molecular flexibility index (Phi) is 18.9. The van der Waals surface area contributed by atoms with Gasteiger partial charge in [0, 0.05) is 55.6 Å². The van der Waals surface area contributed by atoms with Crippen molar-refractivity contribution in [3.63, 3.8) is 0 Å². The SMILES string of the molecule is COP(=O)(CC(O)c1cc(NC(=O)CCCCCCC(=O)Nc2cc(C(O)CP(=O)(OC)OC)c(I)cc2I)c(I)cc1I)OC. The van der Waals surface area contributed by atoms with Crippen molar-refractivity contribution in [1.82, 2.24) is 0 Å². The Balaban J connectivity index is 1.84. The number of aliphatic hydroxyl groups is 2. The fraction of sp³-hybridized carbons (Fsp3) is 0.500. The van der Waals surface area contributed by atoms with Crippen LogP contribution in [0.4, 0.5) is 11.4 Å². The molecule has 258 valence electrons. The smallest absolute Gasteiger partial charge is 0.333 e. The molecule has 2 atom stereocenters. The van der Waals surface area contributed by atoms with Crippen LogP contribution in [0.5, 0.6) is 0 Å². The molecule has 12 nitrogen and oxygen atoms in total. The lowest BCUT2D eigenvalue weighted by Crippen LogP contribution is -2.15. The number of aliphatic hydroxyl groups excluding tert-OH is 2. The second kappa shape index (κ2) is 20.4. The first-order chi connectivity index (χ1) is 21.6. The van der Waals surface area contributed by atoms with Gasteiger partial charge >= 0.3 is 15.2 Å². The zero-order valence-electron chi connectivity index (χ0n) is 25.7. The van der Waals surface area contributed by atoms with Crippen molar-refractivity contribution in [1.29, 1.82) is 0 Å². The minimum absolute atomic E-state index is 0.171. The van der Waals surface area contributed by atoms with Crippen LogP contribution in [0.25, 0.3) is 0 Å². The maximum Gasteiger partial charge on any atom is 0.333 e. The van der Waals surface area contributed by atoms with Crippen LogP contribution in [0.15, 0.2) is 24.3 Å². The topological polar surface area (TPSA) is 170 Å². The summed E-state index contributed by atoms with van der Waals surface area (Å²) in [6, 6.07) is 7.01. The number of amides is 2. The fourth-order valence-electron chi connectivity index (χ4n) is 4.25. The molecule has 0 aliphatic carbocycles. The summed E-state index contributed by atoms with van der Waals surface area (Å²) in [7, 11) is -1.82. The molecule has 0 spiro atoms. The third-order valence-electron chi connectivity index (χ3n) is 6.90. The van der Waals surface area contributed by atoms with Gasteiger partial charge in [0.15, 0.2) is 0 Å². The van der Waals surface area contributed by atoms with Gasteiger partial charge in [-0.1, -0.05) is 12.8 Å². The van der Waals surface area contributed by atoms with Crippen molar-refractivity contribution >= 4 is 129 Å². The van der Waals surface area contributed by atoms with Gasteiger partial charge in [0.25, 0.3) is 0 Å². The van der Waals surface area contributed by atoms with Gasteiger partial charge < -0.3 is 38.9 Å². The lowest BCUT2D eigenvalue weighted by Gasteiger charge is -2.20. The van der Waals surface area contributed by atoms with E-state index in [0.717, 1.165) is 27.1 Å². The Labute approximate surface area is 324 Å². The van der Waals surface area contributed by atoms with Gasteiger partial charge in [-0.3, -0.25) is 18.7 Å². The predicted molar refractivity (Wildman–Crippen MR) is 212 cm³/mol. The molecule has 0 aromatic heterocycles. The van der Waals surface area contributed by atoms with E-state index in [4.69, 9.17) is 18.1 Å². The van der Waals surface area contributed by atoms with E-state index in [1.165, 1.54) is 28.4 Å². The summed E-state index contributed by atoms with van der Waals surface area (Å²) in [6.45, 7) is 0. The fourth-order valence-corrected chi connectivity index (χ4v) is 10.4. The normalized spacial score (nSPS) is 13.3. The predicted octanol–water partition coefficient (Wildman–Crippen LogP) is 8.06. The van der Waals surface area contributed by atoms with E-state index in [2.05, 4.69) is 101 Å². The number of carbonyl (C=O) groups is 2. The first-order valence-electron chi connectivity index (χ1n) is 14.0.